The van der Waals surface area contributed by atoms with Gasteiger partial charge in [0.05, 0.1) is 0 Å². The number of fused-ring (bicyclic) bond motifs is 2. The highest BCUT2D eigenvalue weighted by Crippen LogP contribution is 2.39. The van der Waals surface area contributed by atoms with Crippen molar-refractivity contribution in [2.24, 2.45) is 5.73 Å². The van der Waals surface area contributed by atoms with Crippen LogP contribution in [0.3, 0.4) is 0 Å². The van der Waals surface area contributed by atoms with Crippen LogP contribution < -0.4 is 11.1 Å². The Labute approximate surface area is 103 Å². The zero-order chi connectivity index (χ0) is 11.9. The highest BCUT2D eigenvalue weighted by molar-refractivity contribution is 5.77. The van der Waals surface area contributed by atoms with Crippen molar-refractivity contribution in [2.45, 2.75) is 62.6 Å². The van der Waals surface area contributed by atoms with Gasteiger partial charge in [0.15, 0.2) is 0 Å². The molecule has 1 saturated carbocycles. The van der Waals surface area contributed by atoms with E-state index in [1.165, 1.54) is 19.4 Å². The van der Waals surface area contributed by atoms with Gasteiger partial charge in [0.2, 0.25) is 5.91 Å². The minimum absolute atomic E-state index is 0.225. The zero-order valence-electron chi connectivity index (χ0n) is 10.5. The second-order valence-electron chi connectivity index (χ2n) is 6.03. The number of rotatable bonds is 0. The molecule has 0 aromatic rings. The number of carbonyl (C=O) groups excluding carboxylic acids is 1. The van der Waals surface area contributed by atoms with Gasteiger partial charge in [-0.3, -0.25) is 9.69 Å². The van der Waals surface area contributed by atoms with Gasteiger partial charge in [0, 0.05) is 30.6 Å². The van der Waals surface area contributed by atoms with E-state index in [4.69, 9.17) is 5.73 Å². The van der Waals surface area contributed by atoms with Crippen molar-refractivity contribution < 1.29 is 4.79 Å². The van der Waals surface area contributed by atoms with Crippen LogP contribution in [0.4, 0.5) is 0 Å². The first-order valence-electron chi connectivity index (χ1n) is 6.99. The van der Waals surface area contributed by atoms with Crippen molar-refractivity contribution in [1.29, 1.82) is 0 Å². The third-order valence-electron chi connectivity index (χ3n) is 4.98. The maximum atomic E-state index is 11.8. The Hall–Kier alpha value is -0.610. The first-order valence-corrected chi connectivity index (χ1v) is 6.99. The van der Waals surface area contributed by atoms with Crippen molar-refractivity contribution >= 4 is 5.91 Å². The standard InChI is InChI=1S/C13H23N3O/c14-10-3-5-13(6-4-10)9-15-12(17)8-11-2-1-7-16(11)13/h10-11H,1-9,14H2,(H,15,17). The molecule has 17 heavy (non-hydrogen) atoms. The summed E-state index contributed by atoms with van der Waals surface area (Å²) >= 11 is 0. The summed E-state index contributed by atoms with van der Waals surface area (Å²) in [6, 6.07) is 0.868. The van der Waals surface area contributed by atoms with Crippen LogP contribution in [0.1, 0.15) is 44.9 Å². The van der Waals surface area contributed by atoms with Crippen molar-refractivity contribution in [3.63, 3.8) is 0 Å². The molecular formula is C13H23N3O. The molecule has 0 aromatic heterocycles. The fourth-order valence-electron chi connectivity index (χ4n) is 3.96. The first-order chi connectivity index (χ1) is 8.20. The number of amides is 1. The van der Waals surface area contributed by atoms with Crippen molar-refractivity contribution in [1.82, 2.24) is 10.2 Å². The summed E-state index contributed by atoms with van der Waals surface area (Å²) in [6.07, 6.45) is 7.69. The summed E-state index contributed by atoms with van der Waals surface area (Å²) < 4.78 is 0. The number of nitrogens with zero attached hydrogens (tertiary/aromatic N) is 1. The molecule has 1 unspecified atom stereocenters. The zero-order valence-corrected chi connectivity index (χ0v) is 10.5. The van der Waals surface area contributed by atoms with Crippen molar-refractivity contribution in [3.05, 3.63) is 0 Å². The molecule has 0 aromatic carbocycles. The normalized spacial score (nSPS) is 43.2. The summed E-state index contributed by atoms with van der Waals surface area (Å²) in [5, 5.41) is 3.13. The van der Waals surface area contributed by atoms with Crippen LogP contribution in [0.25, 0.3) is 0 Å². The Morgan fingerprint density at radius 2 is 2.06 bits per heavy atom. The minimum atomic E-state index is 0.225. The molecule has 4 heteroatoms. The highest BCUT2D eigenvalue weighted by Gasteiger charge is 2.46. The molecule has 1 spiro atoms. The minimum Gasteiger partial charge on any atom is -0.354 e. The fourth-order valence-corrected chi connectivity index (χ4v) is 3.96. The topological polar surface area (TPSA) is 58.4 Å². The fraction of sp³-hybridized carbons (Fsp3) is 0.923. The van der Waals surface area contributed by atoms with Gasteiger partial charge in [-0.15, -0.1) is 0 Å². The molecule has 0 bridgehead atoms. The first kappa shape index (κ1) is 11.5. The summed E-state index contributed by atoms with van der Waals surface area (Å²) in [7, 11) is 0. The molecule has 3 rings (SSSR count). The predicted molar refractivity (Wildman–Crippen MR) is 66.5 cm³/mol. The van der Waals surface area contributed by atoms with Crippen LogP contribution in [-0.4, -0.2) is 41.5 Å². The lowest BCUT2D eigenvalue weighted by atomic mass is 9.78. The van der Waals surface area contributed by atoms with Gasteiger partial charge in [0.1, 0.15) is 0 Å². The maximum Gasteiger partial charge on any atom is 0.221 e. The molecule has 3 aliphatic rings. The van der Waals surface area contributed by atoms with Crippen LogP contribution in [0.5, 0.6) is 0 Å². The number of carbonyl (C=O) groups is 1. The summed E-state index contributed by atoms with van der Waals surface area (Å²) in [5.74, 6) is 0.244. The Kier molecular flexibility index (Phi) is 2.87. The molecule has 96 valence electrons. The molecule has 2 heterocycles. The molecule has 3 fully saturated rings. The molecule has 2 aliphatic heterocycles. The van der Waals surface area contributed by atoms with Gasteiger partial charge in [-0.25, -0.2) is 0 Å². The lowest BCUT2D eigenvalue weighted by Gasteiger charge is -2.47. The third-order valence-corrected chi connectivity index (χ3v) is 4.98. The predicted octanol–water partition coefficient (Wildman–Crippen LogP) is 0.611. The van der Waals surface area contributed by atoms with E-state index in [0.29, 0.717) is 18.5 Å². The molecule has 4 nitrogen and oxygen atoms in total. The number of hydrogen-bond donors (Lipinski definition) is 2. The Morgan fingerprint density at radius 3 is 2.82 bits per heavy atom. The lowest BCUT2D eigenvalue weighted by molar-refractivity contribution is -0.121. The lowest BCUT2D eigenvalue weighted by Crippen LogP contribution is -2.57. The van der Waals surface area contributed by atoms with E-state index < -0.39 is 0 Å². The summed E-state index contributed by atoms with van der Waals surface area (Å²) in [5.41, 5.74) is 6.25. The Bertz CT molecular complexity index is 310. The molecule has 1 aliphatic carbocycles. The SMILES string of the molecule is NC1CCC2(CC1)CNC(=O)CC1CCCN12. The van der Waals surface area contributed by atoms with Crippen molar-refractivity contribution in [3.8, 4) is 0 Å². The van der Waals surface area contributed by atoms with Gasteiger partial charge in [-0.1, -0.05) is 0 Å². The van der Waals surface area contributed by atoms with Gasteiger partial charge >= 0.3 is 0 Å². The van der Waals surface area contributed by atoms with Crippen LogP contribution in [0.15, 0.2) is 0 Å². The number of nitrogens with two attached hydrogens (primary N) is 1. The third kappa shape index (κ3) is 1.97. The van der Waals surface area contributed by atoms with Gasteiger partial charge < -0.3 is 11.1 Å². The Morgan fingerprint density at radius 1 is 1.29 bits per heavy atom. The second kappa shape index (κ2) is 4.25. The monoisotopic (exact) mass is 237 g/mol. The molecule has 3 N–H and O–H groups in total. The van der Waals surface area contributed by atoms with Crippen LogP contribution in [0.2, 0.25) is 0 Å². The van der Waals surface area contributed by atoms with E-state index in [9.17, 15) is 4.79 Å². The molecule has 1 atom stereocenters. The van der Waals surface area contributed by atoms with E-state index in [-0.39, 0.29) is 11.4 Å². The smallest absolute Gasteiger partial charge is 0.221 e. The van der Waals surface area contributed by atoms with Crippen LogP contribution >= 0.6 is 0 Å². The Balaban J connectivity index is 1.83. The van der Waals surface area contributed by atoms with E-state index >= 15 is 0 Å². The van der Waals surface area contributed by atoms with Crippen LogP contribution in [-0.2, 0) is 4.79 Å². The van der Waals surface area contributed by atoms with E-state index in [1.54, 1.807) is 0 Å². The van der Waals surface area contributed by atoms with Gasteiger partial charge in [0.25, 0.3) is 0 Å². The quantitative estimate of drug-likeness (QED) is 0.649. The largest absolute Gasteiger partial charge is 0.354 e. The van der Waals surface area contributed by atoms with Crippen molar-refractivity contribution in [2.75, 3.05) is 13.1 Å². The summed E-state index contributed by atoms with van der Waals surface area (Å²) in [6.45, 7) is 2.02. The highest BCUT2D eigenvalue weighted by atomic mass is 16.1. The molecular weight excluding hydrogens is 214 g/mol. The van der Waals surface area contributed by atoms with Gasteiger partial charge in [-0.05, 0) is 45.1 Å². The number of hydrogen-bond acceptors (Lipinski definition) is 3. The molecule has 2 saturated heterocycles. The summed E-state index contributed by atoms with van der Waals surface area (Å²) in [4.78, 5) is 14.4. The van der Waals surface area contributed by atoms with E-state index in [0.717, 1.165) is 32.2 Å². The maximum absolute atomic E-state index is 11.8. The number of nitrogens with one attached hydrogen (secondary N) is 1. The molecule has 1 amide bonds. The average Bonchev–Trinajstić information content (AvgIpc) is 2.73. The molecule has 0 radical (unpaired) electrons. The van der Waals surface area contributed by atoms with Gasteiger partial charge in [-0.2, -0.15) is 0 Å². The van der Waals surface area contributed by atoms with Crippen LogP contribution in [0, 0.1) is 0 Å². The van der Waals surface area contributed by atoms with E-state index in [1.807, 2.05) is 0 Å². The second-order valence-corrected chi connectivity index (χ2v) is 6.03. The van der Waals surface area contributed by atoms with E-state index in [2.05, 4.69) is 10.2 Å². The average molecular weight is 237 g/mol.